The highest BCUT2D eigenvalue weighted by Crippen LogP contribution is 2.26. The molecule has 47 heavy (non-hydrogen) atoms. The van der Waals surface area contributed by atoms with Crippen LogP contribution < -0.4 is 31.9 Å². The van der Waals surface area contributed by atoms with Crippen molar-refractivity contribution in [2.24, 2.45) is 5.92 Å². The number of aromatic nitrogens is 2. The Hall–Kier alpha value is -4.99. The molecule has 3 rings (SSSR count). The van der Waals surface area contributed by atoms with Crippen LogP contribution in [0.5, 0.6) is 0 Å². The van der Waals surface area contributed by atoms with Crippen molar-refractivity contribution in [2.75, 3.05) is 33.2 Å². The van der Waals surface area contributed by atoms with Crippen molar-refractivity contribution in [2.45, 2.75) is 64.5 Å². The number of nitrogens with one attached hydrogen (secondary N) is 6. The van der Waals surface area contributed by atoms with Crippen molar-refractivity contribution in [1.29, 1.82) is 0 Å². The lowest BCUT2D eigenvalue weighted by atomic mass is 10.1. The van der Waals surface area contributed by atoms with Crippen molar-refractivity contribution in [3.63, 3.8) is 0 Å². The Labute approximate surface area is 274 Å². The molecule has 5 amide bonds. The molecule has 0 spiro atoms. The number of likely N-dealkylation sites (N-methyl/N-ethyl adjacent to an activating group) is 1. The van der Waals surface area contributed by atoms with E-state index in [1.54, 1.807) is 19.2 Å². The molecule has 0 aliphatic heterocycles. The fourth-order valence-electron chi connectivity index (χ4n) is 3.25. The van der Waals surface area contributed by atoms with Crippen LogP contribution >= 0.6 is 0 Å². The number of hydrogen-bond donors (Lipinski definition) is 6. The van der Waals surface area contributed by atoms with E-state index in [1.165, 1.54) is 37.7 Å². The van der Waals surface area contributed by atoms with Gasteiger partial charge in [0, 0.05) is 44.7 Å². The van der Waals surface area contributed by atoms with E-state index in [1.807, 2.05) is 6.92 Å². The van der Waals surface area contributed by atoms with E-state index in [4.69, 9.17) is 4.42 Å². The molecule has 0 bridgehead atoms. The maximum absolute atomic E-state index is 12.5. The average molecular weight is 659 g/mol. The molecule has 0 aromatic carbocycles. The van der Waals surface area contributed by atoms with Gasteiger partial charge in [0.15, 0.2) is 0 Å². The maximum Gasteiger partial charge on any atom is 0.271 e. The SMILES string of the molecule is CC1CC1.CCCNC(=O)c1cnccn1.CN[C@H](C=O)CNC(=O)CNC(=O)[C@H](Cc1ccco1)NC(=O)CNC(=O)CCC=O. The summed E-state index contributed by atoms with van der Waals surface area (Å²) in [4.78, 5) is 87.8. The van der Waals surface area contributed by atoms with Crippen LogP contribution in [0.15, 0.2) is 41.4 Å². The van der Waals surface area contributed by atoms with Gasteiger partial charge in [-0.3, -0.25) is 29.0 Å². The van der Waals surface area contributed by atoms with E-state index in [2.05, 4.69) is 48.8 Å². The van der Waals surface area contributed by atoms with Crippen LogP contribution in [0, 0.1) is 5.92 Å². The van der Waals surface area contributed by atoms with Crippen LogP contribution in [0.1, 0.15) is 62.2 Å². The van der Waals surface area contributed by atoms with E-state index in [0.717, 1.165) is 12.3 Å². The van der Waals surface area contributed by atoms with E-state index in [9.17, 15) is 33.6 Å². The van der Waals surface area contributed by atoms with Crippen LogP contribution in [-0.2, 0) is 35.2 Å². The minimum Gasteiger partial charge on any atom is -0.469 e. The Balaban J connectivity index is 0.000000558. The predicted octanol–water partition coefficient (Wildman–Crippen LogP) is -0.546. The second-order valence-corrected chi connectivity index (χ2v) is 10.5. The van der Waals surface area contributed by atoms with Gasteiger partial charge in [0.05, 0.1) is 31.6 Å². The third-order valence-corrected chi connectivity index (χ3v) is 6.25. The quantitative estimate of drug-likeness (QED) is 0.111. The van der Waals surface area contributed by atoms with Crippen molar-refractivity contribution in [1.82, 2.24) is 41.9 Å². The highest BCUT2D eigenvalue weighted by molar-refractivity contribution is 5.92. The summed E-state index contributed by atoms with van der Waals surface area (Å²) in [6, 6.07) is 1.64. The molecule has 16 heteroatoms. The topological polar surface area (TPSA) is 231 Å². The van der Waals surface area contributed by atoms with Crippen LogP contribution in [0.3, 0.4) is 0 Å². The number of furan rings is 1. The van der Waals surface area contributed by atoms with Gasteiger partial charge in [-0.1, -0.05) is 26.7 Å². The Morgan fingerprint density at radius 2 is 1.72 bits per heavy atom. The molecule has 1 aliphatic carbocycles. The minimum absolute atomic E-state index is 0.0260. The zero-order valence-electron chi connectivity index (χ0n) is 27.1. The molecule has 2 aromatic rings. The zero-order valence-corrected chi connectivity index (χ0v) is 27.1. The first-order valence-electron chi connectivity index (χ1n) is 15.4. The molecule has 1 aliphatic rings. The number of amides is 5. The average Bonchev–Trinajstić information content (AvgIpc) is 3.70. The largest absolute Gasteiger partial charge is 0.469 e. The third kappa shape index (κ3) is 19.9. The molecule has 1 fully saturated rings. The van der Waals surface area contributed by atoms with Crippen LogP contribution in [0.25, 0.3) is 0 Å². The fourth-order valence-corrected chi connectivity index (χ4v) is 3.25. The van der Waals surface area contributed by atoms with Gasteiger partial charge in [0.1, 0.15) is 30.1 Å². The minimum atomic E-state index is -1.06. The lowest BCUT2D eigenvalue weighted by Gasteiger charge is -2.18. The van der Waals surface area contributed by atoms with Gasteiger partial charge in [-0.25, -0.2) is 4.98 Å². The zero-order chi connectivity index (χ0) is 34.9. The molecule has 1 saturated carbocycles. The first kappa shape index (κ1) is 40.0. The molecule has 2 aromatic heterocycles. The summed E-state index contributed by atoms with van der Waals surface area (Å²) >= 11 is 0. The monoisotopic (exact) mass is 658 g/mol. The number of carbonyl (C=O) groups excluding carboxylic acids is 7. The first-order valence-corrected chi connectivity index (χ1v) is 15.4. The fraction of sp³-hybridized carbons (Fsp3) is 0.516. The number of carbonyl (C=O) groups is 7. The predicted molar refractivity (Wildman–Crippen MR) is 171 cm³/mol. The highest BCUT2D eigenvalue weighted by atomic mass is 16.3. The normalized spacial score (nSPS) is 12.7. The number of hydrogen-bond acceptors (Lipinski definition) is 11. The third-order valence-electron chi connectivity index (χ3n) is 6.25. The van der Waals surface area contributed by atoms with Crippen LogP contribution in [-0.4, -0.2) is 97.4 Å². The van der Waals surface area contributed by atoms with Crippen molar-refractivity contribution in [3.8, 4) is 0 Å². The Morgan fingerprint density at radius 3 is 2.28 bits per heavy atom. The molecular weight excluding hydrogens is 612 g/mol. The van der Waals surface area contributed by atoms with Gasteiger partial charge in [-0.2, -0.15) is 0 Å². The number of rotatable bonds is 18. The van der Waals surface area contributed by atoms with E-state index < -0.39 is 35.7 Å². The molecule has 0 saturated heterocycles. The summed E-state index contributed by atoms with van der Waals surface area (Å²) < 4.78 is 5.20. The Morgan fingerprint density at radius 1 is 1.00 bits per heavy atom. The summed E-state index contributed by atoms with van der Waals surface area (Å²) in [5.74, 6) is -0.888. The van der Waals surface area contributed by atoms with Gasteiger partial charge in [0.25, 0.3) is 5.91 Å². The van der Waals surface area contributed by atoms with Gasteiger partial charge in [-0.05, 0) is 31.5 Å². The molecule has 2 atom stereocenters. The van der Waals surface area contributed by atoms with Crippen LogP contribution in [0.4, 0.5) is 0 Å². The number of nitrogens with zero attached hydrogens (tertiary/aromatic N) is 2. The second-order valence-electron chi connectivity index (χ2n) is 10.5. The van der Waals surface area contributed by atoms with Gasteiger partial charge in [0.2, 0.25) is 23.6 Å². The van der Waals surface area contributed by atoms with Crippen LogP contribution in [0.2, 0.25) is 0 Å². The Kier molecular flexibility index (Phi) is 20.7. The smallest absolute Gasteiger partial charge is 0.271 e. The summed E-state index contributed by atoms with van der Waals surface area (Å²) in [5, 5.41) is 15.1. The van der Waals surface area contributed by atoms with Gasteiger partial charge in [-0.15, -0.1) is 0 Å². The summed E-state index contributed by atoms with van der Waals surface area (Å²) in [6.45, 7) is 4.27. The van der Waals surface area contributed by atoms with Gasteiger partial charge >= 0.3 is 0 Å². The molecule has 0 unspecified atom stereocenters. The first-order chi connectivity index (χ1) is 22.6. The second kappa shape index (κ2) is 24.3. The summed E-state index contributed by atoms with van der Waals surface area (Å²) in [6.07, 6.45) is 11.1. The molecule has 0 radical (unpaired) electrons. The number of aldehydes is 2. The van der Waals surface area contributed by atoms with Crippen molar-refractivity contribution in [3.05, 3.63) is 48.4 Å². The highest BCUT2D eigenvalue weighted by Gasteiger charge is 2.23. The lowest BCUT2D eigenvalue weighted by Crippen LogP contribution is -2.52. The maximum atomic E-state index is 12.5. The van der Waals surface area contributed by atoms with Crippen molar-refractivity contribution < 1.29 is 38.0 Å². The molecule has 6 N–H and O–H groups in total. The van der Waals surface area contributed by atoms with E-state index >= 15 is 0 Å². The Bertz CT molecular complexity index is 1240. The summed E-state index contributed by atoms with van der Waals surface area (Å²) in [7, 11) is 1.57. The molecular formula is C31H46N8O8. The summed E-state index contributed by atoms with van der Waals surface area (Å²) in [5.41, 5.74) is 0.367. The van der Waals surface area contributed by atoms with E-state index in [-0.39, 0.29) is 44.8 Å². The van der Waals surface area contributed by atoms with E-state index in [0.29, 0.717) is 30.6 Å². The molecule has 16 nitrogen and oxygen atoms in total. The standard InChI is InChI=1S/C19H27N5O7.C8H11N3O.C4H8/c1-20-13(12-26)9-21-17(28)10-23-19(30)15(8-14-4-3-7-31-14)24-18(29)11-22-16(27)5-2-6-25;1-2-3-11-8(12)7-6-9-4-5-10-7;1-4-2-3-4/h3-4,6-7,12-13,15,20H,2,5,8-11H2,1H3,(H,21,28)(H,22,27)(H,23,30)(H,24,29);4-6H,2-3H2,1H3,(H,11,12);4H,2-3H2,1H3/t13-,15-;;/m0../s1. The molecule has 2 heterocycles. The van der Waals surface area contributed by atoms with Crippen molar-refractivity contribution >= 4 is 42.1 Å². The molecule has 258 valence electrons. The lowest BCUT2D eigenvalue weighted by molar-refractivity contribution is -0.131. The van der Waals surface area contributed by atoms with Gasteiger partial charge < -0.3 is 45.9 Å².